The Morgan fingerprint density at radius 2 is 1.56 bits per heavy atom. The molecule has 0 saturated carbocycles. The van der Waals surface area contributed by atoms with Gasteiger partial charge in [0.2, 0.25) is 0 Å². The predicted octanol–water partition coefficient (Wildman–Crippen LogP) is 3.79. The molecule has 0 radical (unpaired) electrons. The molecule has 2 aromatic rings. The highest BCUT2D eigenvalue weighted by Gasteiger charge is 2.21. The van der Waals surface area contributed by atoms with Gasteiger partial charge in [0, 0.05) is 9.79 Å². The molecule has 18 heavy (non-hydrogen) atoms. The van der Waals surface area contributed by atoms with Gasteiger partial charge in [-0.15, -0.1) is 0 Å². The van der Waals surface area contributed by atoms with E-state index in [4.69, 9.17) is 12.2 Å². The van der Waals surface area contributed by atoms with Gasteiger partial charge in [-0.2, -0.15) is 0 Å². The average molecular weight is 272 g/mol. The molecule has 3 rings (SSSR count). The summed E-state index contributed by atoms with van der Waals surface area (Å²) in [6, 6.07) is 16.9. The summed E-state index contributed by atoms with van der Waals surface area (Å²) >= 11 is 6.66. The molecule has 1 N–H and O–H groups in total. The number of thiocarbonyl (C=S) groups is 1. The highest BCUT2D eigenvalue weighted by molar-refractivity contribution is 7.99. The van der Waals surface area contributed by atoms with Gasteiger partial charge in [0.05, 0.1) is 23.5 Å². The van der Waals surface area contributed by atoms with E-state index >= 15 is 0 Å². The van der Waals surface area contributed by atoms with Crippen LogP contribution in [0.5, 0.6) is 0 Å². The van der Waals surface area contributed by atoms with E-state index < -0.39 is 0 Å². The number of fused-ring (bicyclic) bond motifs is 2. The first-order chi connectivity index (χ1) is 8.90. The van der Waals surface area contributed by atoms with Gasteiger partial charge in [-0.3, -0.25) is 0 Å². The lowest BCUT2D eigenvalue weighted by Crippen LogP contribution is -2.31. The summed E-state index contributed by atoms with van der Waals surface area (Å²) in [6.45, 7) is 0.693. The van der Waals surface area contributed by atoms with Gasteiger partial charge in [0.25, 0.3) is 0 Å². The lowest BCUT2D eigenvalue weighted by atomic mass is 10.2. The van der Waals surface area contributed by atoms with Gasteiger partial charge in [0.15, 0.2) is 0 Å². The Kier molecular flexibility index (Phi) is 3.21. The van der Waals surface area contributed by atoms with E-state index in [0.717, 1.165) is 0 Å². The molecule has 0 saturated heterocycles. The minimum atomic E-state index is 0.693. The van der Waals surface area contributed by atoms with Crippen molar-refractivity contribution in [2.45, 2.75) is 9.79 Å². The van der Waals surface area contributed by atoms with Crippen molar-refractivity contribution in [2.24, 2.45) is 0 Å². The van der Waals surface area contributed by atoms with Crippen LogP contribution in [0.4, 0.5) is 11.4 Å². The maximum atomic E-state index is 4.85. The molecule has 0 aromatic heterocycles. The number of anilines is 2. The molecule has 0 amide bonds. The van der Waals surface area contributed by atoms with Crippen molar-refractivity contribution < 1.29 is 0 Å². The summed E-state index contributed by atoms with van der Waals surface area (Å²) in [6.07, 6.45) is 0. The lowest BCUT2D eigenvalue weighted by molar-refractivity contribution is 0.876. The van der Waals surface area contributed by atoms with Crippen molar-refractivity contribution in [3.05, 3.63) is 48.5 Å². The van der Waals surface area contributed by atoms with E-state index in [1.165, 1.54) is 21.2 Å². The molecule has 0 bridgehead atoms. The number of para-hydroxylation sites is 2. The van der Waals surface area contributed by atoms with E-state index in [0.29, 0.717) is 6.67 Å². The number of hydrogen-bond acceptors (Lipinski definition) is 3. The van der Waals surface area contributed by atoms with Crippen LogP contribution in [-0.2, 0) is 0 Å². The smallest absolute Gasteiger partial charge is 0.0928 e. The van der Waals surface area contributed by atoms with Gasteiger partial charge in [0.1, 0.15) is 0 Å². The third kappa shape index (κ3) is 1.98. The van der Waals surface area contributed by atoms with Crippen LogP contribution in [0, 0.1) is 0 Å². The molecule has 0 atom stereocenters. The van der Waals surface area contributed by atoms with Crippen molar-refractivity contribution in [1.29, 1.82) is 0 Å². The molecule has 2 nitrogen and oxygen atoms in total. The van der Waals surface area contributed by atoms with Gasteiger partial charge in [-0.25, -0.2) is 0 Å². The van der Waals surface area contributed by atoms with Crippen LogP contribution in [-0.4, -0.2) is 12.2 Å². The largest absolute Gasteiger partial charge is 0.365 e. The SMILES string of the molecule is S=CNCN1c2ccccc2Sc2ccccc21. The van der Waals surface area contributed by atoms with Crippen LogP contribution in [0.15, 0.2) is 58.3 Å². The molecule has 4 heteroatoms. The second-order valence-corrected chi connectivity index (χ2v) is 5.27. The molecular formula is C14H12N2S2. The first kappa shape index (κ1) is 11.6. The lowest BCUT2D eigenvalue weighted by Gasteiger charge is -2.32. The van der Waals surface area contributed by atoms with Crippen LogP contribution in [0.1, 0.15) is 0 Å². The molecule has 1 aliphatic heterocycles. The zero-order valence-corrected chi connectivity index (χ0v) is 11.3. The third-order valence-corrected chi connectivity index (χ3v) is 4.16. The topological polar surface area (TPSA) is 15.3 Å². The van der Waals surface area contributed by atoms with Crippen LogP contribution in [0.3, 0.4) is 0 Å². The number of rotatable bonds is 3. The number of benzene rings is 2. The highest BCUT2D eigenvalue weighted by atomic mass is 32.2. The second-order valence-electron chi connectivity index (χ2n) is 3.95. The Morgan fingerprint density at radius 3 is 2.11 bits per heavy atom. The quantitative estimate of drug-likeness (QED) is 0.855. The first-order valence-electron chi connectivity index (χ1n) is 5.70. The zero-order chi connectivity index (χ0) is 12.4. The van der Waals surface area contributed by atoms with Gasteiger partial charge >= 0.3 is 0 Å². The summed E-state index contributed by atoms with van der Waals surface area (Å²) in [5.41, 5.74) is 4.02. The summed E-state index contributed by atoms with van der Waals surface area (Å²) in [4.78, 5) is 4.81. The number of nitrogens with one attached hydrogen (secondary N) is 1. The second kappa shape index (κ2) is 5.00. The van der Waals surface area contributed by atoms with Crippen molar-refractivity contribution >= 4 is 40.8 Å². The maximum Gasteiger partial charge on any atom is 0.0928 e. The minimum Gasteiger partial charge on any atom is -0.365 e. The third-order valence-electron chi connectivity index (χ3n) is 2.86. The van der Waals surface area contributed by atoms with E-state index in [-0.39, 0.29) is 0 Å². The van der Waals surface area contributed by atoms with E-state index in [9.17, 15) is 0 Å². The molecule has 2 aromatic carbocycles. The highest BCUT2D eigenvalue weighted by Crippen LogP contribution is 2.47. The molecule has 0 unspecified atom stereocenters. The van der Waals surface area contributed by atoms with Crippen LogP contribution in [0.25, 0.3) is 0 Å². The fraction of sp³-hybridized carbons (Fsp3) is 0.0714. The fourth-order valence-electron chi connectivity index (χ4n) is 2.08. The Labute approximate surface area is 116 Å². The normalized spacial score (nSPS) is 12.6. The van der Waals surface area contributed by atoms with E-state index in [2.05, 4.69) is 58.7 Å². The standard InChI is InChI=1S/C14H12N2S2/c17-10-15-9-16-11-5-1-3-7-13(11)18-14-8-4-2-6-12(14)16/h1-8,10H,9H2,(H,15,17). The van der Waals surface area contributed by atoms with Crippen molar-refractivity contribution in [1.82, 2.24) is 5.32 Å². The minimum absolute atomic E-state index is 0.693. The maximum absolute atomic E-state index is 4.85. The van der Waals surface area contributed by atoms with Crippen molar-refractivity contribution in [2.75, 3.05) is 11.6 Å². The fourth-order valence-corrected chi connectivity index (χ4v) is 3.25. The first-order valence-corrected chi connectivity index (χ1v) is 6.99. The molecule has 0 aliphatic carbocycles. The summed E-state index contributed by atoms with van der Waals surface area (Å²) < 4.78 is 0. The monoisotopic (exact) mass is 272 g/mol. The van der Waals surface area contributed by atoms with Gasteiger partial charge in [-0.1, -0.05) is 48.2 Å². The van der Waals surface area contributed by atoms with Crippen LogP contribution in [0.2, 0.25) is 0 Å². The van der Waals surface area contributed by atoms with E-state index in [1.54, 1.807) is 5.49 Å². The molecule has 0 spiro atoms. The number of hydrogen-bond donors (Lipinski definition) is 1. The number of nitrogens with zero attached hydrogens (tertiary/aromatic N) is 1. The van der Waals surface area contributed by atoms with Crippen LogP contribution >= 0.6 is 24.0 Å². The molecule has 1 heterocycles. The molecule has 0 fully saturated rings. The Morgan fingerprint density at radius 1 is 1.00 bits per heavy atom. The average Bonchev–Trinajstić information content (AvgIpc) is 2.43. The Bertz CT molecular complexity index is 538. The summed E-state index contributed by atoms with van der Waals surface area (Å²) in [7, 11) is 0. The predicted molar refractivity (Wildman–Crippen MR) is 80.8 cm³/mol. The molecule has 1 aliphatic rings. The molecular weight excluding hydrogens is 260 g/mol. The van der Waals surface area contributed by atoms with Crippen molar-refractivity contribution in [3.63, 3.8) is 0 Å². The van der Waals surface area contributed by atoms with E-state index in [1.807, 2.05) is 11.8 Å². The summed E-state index contributed by atoms with van der Waals surface area (Å²) in [5.74, 6) is 0. The van der Waals surface area contributed by atoms with Gasteiger partial charge < -0.3 is 10.2 Å². The van der Waals surface area contributed by atoms with Crippen LogP contribution < -0.4 is 10.2 Å². The zero-order valence-electron chi connectivity index (χ0n) is 9.67. The Balaban J connectivity index is 2.08. The van der Waals surface area contributed by atoms with Crippen molar-refractivity contribution in [3.8, 4) is 0 Å². The Hall–Kier alpha value is -1.52. The molecule has 90 valence electrons. The van der Waals surface area contributed by atoms with Gasteiger partial charge in [-0.05, 0) is 24.3 Å². The summed E-state index contributed by atoms with van der Waals surface area (Å²) in [5, 5.41) is 3.11.